The van der Waals surface area contributed by atoms with E-state index >= 15 is 0 Å². The minimum Gasteiger partial charge on any atom is -0.488 e. The summed E-state index contributed by atoms with van der Waals surface area (Å²) in [5, 5.41) is 3.17. The summed E-state index contributed by atoms with van der Waals surface area (Å²) in [5.41, 5.74) is 9.05. The number of aryl methyl sites for hydroxylation is 1. The molecule has 1 saturated carbocycles. The van der Waals surface area contributed by atoms with Crippen molar-refractivity contribution < 1.29 is 9.53 Å². The normalized spacial score (nSPS) is 20.3. The van der Waals surface area contributed by atoms with E-state index in [0.29, 0.717) is 6.61 Å². The van der Waals surface area contributed by atoms with Crippen molar-refractivity contribution >= 4 is 23.2 Å². The molecule has 34 heavy (non-hydrogen) atoms. The van der Waals surface area contributed by atoms with Crippen molar-refractivity contribution in [3.8, 4) is 5.75 Å². The number of amides is 1. The Hall–Kier alpha value is -3.33. The molecule has 1 unspecified atom stereocenters. The summed E-state index contributed by atoms with van der Waals surface area (Å²) < 4.78 is 6.20. The van der Waals surface area contributed by atoms with Crippen LogP contribution in [-0.4, -0.2) is 5.91 Å². The number of ether oxygens (including phenoxy) is 1. The molecule has 172 valence electrons. The predicted molar refractivity (Wildman–Crippen MR) is 138 cm³/mol. The Labute approximate surface area is 201 Å². The second-order valence-electron chi connectivity index (χ2n) is 10.1. The van der Waals surface area contributed by atoms with E-state index in [-0.39, 0.29) is 11.8 Å². The Bertz CT molecular complexity index is 1280. The van der Waals surface area contributed by atoms with Crippen LogP contribution in [0.1, 0.15) is 77.8 Å². The Morgan fingerprint density at radius 3 is 2.71 bits per heavy atom. The van der Waals surface area contributed by atoms with E-state index in [9.17, 15) is 4.79 Å². The molecule has 3 aromatic rings. The van der Waals surface area contributed by atoms with Gasteiger partial charge in [-0.25, -0.2) is 0 Å². The molecule has 0 spiro atoms. The second kappa shape index (κ2) is 8.79. The lowest BCUT2D eigenvalue weighted by Crippen LogP contribution is -2.13. The minimum atomic E-state index is -0.00647. The molecule has 1 fully saturated rings. The Morgan fingerprint density at radius 2 is 1.82 bits per heavy atom. The van der Waals surface area contributed by atoms with Crippen molar-refractivity contribution in [3.05, 3.63) is 94.0 Å². The topological polar surface area (TPSA) is 38.3 Å². The van der Waals surface area contributed by atoms with Gasteiger partial charge >= 0.3 is 0 Å². The van der Waals surface area contributed by atoms with Crippen LogP contribution in [-0.2, 0) is 11.4 Å². The molecule has 3 nitrogen and oxygen atoms in total. The zero-order valence-corrected chi connectivity index (χ0v) is 19.8. The van der Waals surface area contributed by atoms with E-state index in [1.165, 1.54) is 42.4 Å². The first kappa shape index (κ1) is 21.2. The molecule has 1 amide bonds. The van der Waals surface area contributed by atoms with Crippen LogP contribution in [0.5, 0.6) is 5.75 Å². The molecule has 1 N–H and O–H groups in total. The highest BCUT2D eigenvalue weighted by Crippen LogP contribution is 2.41. The van der Waals surface area contributed by atoms with Crippen molar-refractivity contribution in [1.82, 2.24) is 0 Å². The lowest BCUT2D eigenvalue weighted by Gasteiger charge is -2.13. The first-order chi connectivity index (χ1) is 16.7. The van der Waals surface area contributed by atoms with Gasteiger partial charge in [0.2, 0.25) is 5.91 Å². The molecule has 2 aliphatic heterocycles. The van der Waals surface area contributed by atoms with Crippen LogP contribution >= 0.6 is 0 Å². The number of rotatable bonds is 4. The zero-order valence-electron chi connectivity index (χ0n) is 19.8. The summed E-state index contributed by atoms with van der Waals surface area (Å²) in [6.45, 7) is 2.66. The van der Waals surface area contributed by atoms with Crippen molar-refractivity contribution in [3.63, 3.8) is 0 Å². The molecule has 1 atom stereocenters. The lowest BCUT2D eigenvalue weighted by molar-refractivity contribution is -0.117. The maximum Gasteiger partial charge on any atom is 0.232 e. The number of carbonyl (C=O) groups excluding carboxylic acids is 1. The molecule has 3 aliphatic rings. The predicted octanol–water partition coefficient (Wildman–Crippen LogP) is 7.48. The fourth-order valence-electron chi connectivity index (χ4n) is 5.93. The van der Waals surface area contributed by atoms with Crippen LogP contribution in [0.25, 0.3) is 11.6 Å². The molecular weight excluding hydrogens is 418 g/mol. The minimum absolute atomic E-state index is 0.00647. The fraction of sp³-hybridized carbons (Fsp3) is 0.323. The average Bonchev–Trinajstić information content (AvgIpc) is 3.43. The van der Waals surface area contributed by atoms with Crippen LogP contribution in [0.15, 0.2) is 60.7 Å². The first-order valence-electron chi connectivity index (χ1n) is 12.6. The molecule has 0 aromatic heterocycles. The highest BCUT2D eigenvalue weighted by molar-refractivity contribution is 6.03. The van der Waals surface area contributed by atoms with Gasteiger partial charge in [-0.1, -0.05) is 74.2 Å². The molecule has 1 aliphatic carbocycles. The van der Waals surface area contributed by atoms with Crippen LogP contribution in [0.3, 0.4) is 0 Å². The van der Waals surface area contributed by atoms with Gasteiger partial charge in [0, 0.05) is 11.3 Å². The Balaban J connectivity index is 1.35. The van der Waals surface area contributed by atoms with Crippen molar-refractivity contribution in [2.24, 2.45) is 5.92 Å². The number of fused-ring (bicyclic) bond motifs is 3. The van der Waals surface area contributed by atoms with Crippen molar-refractivity contribution in [1.29, 1.82) is 0 Å². The first-order valence-corrected chi connectivity index (χ1v) is 12.6. The largest absolute Gasteiger partial charge is 0.488 e. The molecule has 2 heterocycles. The molecule has 3 aromatic carbocycles. The monoisotopic (exact) mass is 449 g/mol. The summed E-state index contributed by atoms with van der Waals surface area (Å²) >= 11 is 0. The van der Waals surface area contributed by atoms with Gasteiger partial charge in [-0.15, -0.1) is 0 Å². The van der Waals surface area contributed by atoms with Gasteiger partial charge in [-0.2, -0.15) is 0 Å². The number of hydrogen-bond donors (Lipinski definition) is 1. The number of carbonyl (C=O) groups is 1. The molecule has 0 bridgehead atoms. The van der Waals surface area contributed by atoms with Gasteiger partial charge in [0.1, 0.15) is 12.4 Å². The average molecular weight is 450 g/mol. The van der Waals surface area contributed by atoms with E-state index in [0.717, 1.165) is 52.5 Å². The summed E-state index contributed by atoms with van der Waals surface area (Å²) in [7, 11) is 0. The maximum absolute atomic E-state index is 12.8. The van der Waals surface area contributed by atoms with Crippen LogP contribution in [0, 0.1) is 12.8 Å². The van der Waals surface area contributed by atoms with E-state index in [2.05, 4.69) is 79.0 Å². The Kier molecular flexibility index (Phi) is 5.49. The number of benzene rings is 3. The quantitative estimate of drug-likeness (QED) is 0.448. The fourth-order valence-corrected chi connectivity index (χ4v) is 5.93. The summed E-state index contributed by atoms with van der Waals surface area (Å²) in [6.07, 6.45) is 9.73. The highest BCUT2D eigenvalue weighted by Gasteiger charge is 2.31. The van der Waals surface area contributed by atoms with Crippen molar-refractivity contribution in [2.75, 3.05) is 5.32 Å². The lowest BCUT2D eigenvalue weighted by atomic mass is 9.89. The van der Waals surface area contributed by atoms with Crippen LogP contribution < -0.4 is 10.1 Å². The van der Waals surface area contributed by atoms with Crippen LogP contribution in [0.4, 0.5) is 5.69 Å². The van der Waals surface area contributed by atoms with Gasteiger partial charge in [-0.3, -0.25) is 4.79 Å². The third-order valence-electron chi connectivity index (χ3n) is 7.79. The van der Waals surface area contributed by atoms with Gasteiger partial charge in [0.05, 0.1) is 5.92 Å². The summed E-state index contributed by atoms with van der Waals surface area (Å²) in [5.74, 6) is 1.88. The van der Waals surface area contributed by atoms with E-state index in [1.807, 2.05) is 0 Å². The molecule has 0 radical (unpaired) electrons. The third kappa shape index (κ3) is 3.94. The van der Waals surface area contributed by atoms with Gasteiger partial charge < -0.3 is 10.1 Å². The molecule has 3 heteroatoms. The SMILES string of the molecule is Cc1ccc2c(c1)OCc1ccccc1/C2=C\c1ccc2c(c1)NC(=O)C2CCC1CCCC1. The van der Waals surface area contributed by atoms with Crippen LogP contribution in [0.2, 0.25) is 0 Å². The Morgan fingerprint density at radius 1 is 0.971 bits per heavy atom. The number of hydrogen-bond acceptors (Lipinski definition) is 2. The summed E-state index contributed by atoms with van der Waals surface area (Å²) in [6, 6.07) is 21.3. The van der Waals surface area contributed by atoms with Gasteiger partial charge in [0.25, 0.3) is 0 Å². The van der Waals surface area contributed by atoms with E-state index in [1.54, 1.807) is 0 Å². The van der Waals surface area contributed by atoms with E-state index < -0.39 is 0 Å². The maximum atomic E-state index is 12.8. The van der Waals surface area contributed by atoms with E-state index in [4.69, 9.17) is 4.74 Å². The standard InChI is InChI=1S/C31H31NO2/c1-20-10-13-26-28(24-9-5-4-8-23(24)19-34-30(26)16-20)17-22-12-14-25-27(31(33)32-29(25)18-22)15-11-21-6-2-3-7-21/h4-5,8-10,12-14,16-18,21,27H,2-3,6-7,11,15,19H2,1H3,(H,32,33)/b28-17+. The highest BCUT2D eigenvalue weighted by atomic mass is 16.5. The third-order valence-corrected chi connectivity index (χ3v) is 7.79. The molecule has 0 saturated heterocycles. The molecular formula is C31H31NO2. The second-order valence-corrected chi connectivity index (χ2v) is 10.1. The van der Waals surface area contributed by atoms with Gasteiger partial charge in [-0.05, 0) is 77.3 Å². The van der Waals surface area contributed by atoms with Gasteiger partial charge in [0.15, 0.2) is 0 Å². The number of anilines is 1. The zero-order chi connectivity index (χ0) is 23.1. The summed E-state index contributed by atoms with van der Waals surface area (Å²) in [4.78, 5) is 12.8. The van der Waals surface area contributed by atoms with Crippen molar-refractivity contribution in [2.45, 2.75) is 58.0 Å². The number of nitrogens with one attached hydrogen (secondary N) is 1. The molecule has 6 rings (SSSR count). The smallest absolute Gasteiger partial charge is 0.232 e.